The fourth-order valence-electron chi connectivity index (χ4n) is 1.94. The summed E-state index contributed by atoms with van der Waals surface area (Å²) >= 11 is 11.0. The number of benzene rings is 2. The Bertz CT molecular complexity index is 800. The third-order valence-electron chi connectivity index (χ3n) is 3.19. The molecule has 0 bridgehead atoms. The second-order valence-corrected chi connectivity index (χ2v) is 8.97. The molecular weight excluding hydrogens is 434 g/mol. The van der Waals surface area contributed by atoms with Gasteiger partial charge in [0.1, 0.15) is 5.75 Å². The molecule has 1 N–H and O–H groups in total. The smallest absolute Gasteiger partial charge is 0.240 e. The molecule has 0 saturated heterocycles. The van der Waals surface area contributed by atoms with Crippen molar-refractivity contribution < 1.29 is 13.2 Å². The van der Waals surface area contributed by atoms with Crippen LogP contribution in [0.5, 0.6) is 5.75 Å². The maximum absolute atomic E-state index is 12.3. The minimum absolute atomic E-state index is 0.200. The maximum atomic E-state index is 12.3. The van der Waals surface area contributed by atoms with E-state index >= 15 is 0 Å². The van der Waals surface area contributed by atoms with E-state index in [4.69, 9.17) is 16.3 Å². The summed E-state index contributed by atoms with van der Waals surface area (Å²) in [5.74, 6) is 1.99. The molecular formula is C16H17BrClNO3S2. The standard InChI is InChI=1S/C16H17BrClNO3S2/c1-22-16-7-6-13(10-14(16)17)24(20,21)19-8-9-23-11-12-4-2-3-5-15(12)18/h2-7,10,19H,8-9,11H2,1H3. The Kier molecular flexibility index (Phi) is 7.43. The number of rotatable bonds is 8. The van der Waals surface area contributed by atoms with Gasteiger partial charge in [-0.15, -0.1) is 0 Å². The van der Waals surface area contributed by atoms with E-state index in [1.165, 1.54) is 19.2 Å². The van der Waals surface area contributed by atoms with Crippen molar-refractivity contribution in [1.82, 2.24) is 4.72 Å². The number of methoxy groups -OCH3 is 1. The van der Waals surface area contributed by atoms with Crippen LogP contribution in [0, 0.1) is 0 Å². The van der Waals surface area contributed by atoms with Gasteiger partial charge in [0.25, 0.3) is 0 Å². The highest BCUT2D eigenvalue weighted by molar-refractivity contribution is 9.10. The van der Waals surface area contributed by atoms with E-state index in [0.717, 1.165) is 16.3 Å². The van der Waals surface area contributed by atoms with Crippen LogP contribution in [0.1, 0.15) is 5.56 Å². The van der Waals surface area contributed by atoms with Crippen LogP contribution in [-0.2, 0) is 15.8 Å². The zero-order valence-corrected chi connectivity index (χ0v) is 16.9. The lowest BCUT2D eigenvalue weighted by molar-refractivity contribution is 0.411. The second kappa shape index (κ2) is 9.10. The number of ether oxygens (including phenoxy) is 1. The Hall–Kier alpha value is -0.730. The first-order chi connectivity index (χ1) is 11.4. The molecule has 0 saturated carbocycles. The van der Waals surface area contributed by atoms with Gasteiger partial charge in [-0.3, -0.25) is 0 Å². The van der Waals surface area contributed by atoms with Crippen molar-refractivity contribution in [3.8, 4) is 5.75 Å². The van der Waals surface area contributed by atoms with Gasteiger partial charge >= 0.3 is 0 Å². The van der Waals surface area contributed by atoms with E-state index in [2.05, 4.69) is 20.7 Å². The molecule has 4 nitrogen and oxygen atoms in total. The topological polar surface area (TPSA) is 55.4 Å². The van der Waals surface area contributed by atoms with Gasteiger partial charge in [-0.05, 0) is 45.8 Å². The Morgan fingerprint density at radius 3 is 2.67 bits per heavy atom. The highest BCUT2D eigenvalue weighted by Crippen LogP contribution is 2.27. The minimum atomic E-state index is -3.54. The highest BCUT2D eigenvalue weighted by atomic mass is 79.9. The normalized spacial score (nSPS) is 11.5. The molecule has 0 fully saturated rings. The molecule has 2 rings (SSSR count). The van der Waals surface area contributed by atoms with Crippen LogP contribution in [0.15, 0.2) is 51.8 Å². The summed E-state index contributed by atoms with van der Waals surface area (Å²) in [6.45, 7) is 0.348. The molecule has 130 valence electrons. The first-order valence-electron chi connectivity index (χ1n) is 7.08. The first kappa shape index (κ1) is 19.6. The molecule has 8 heteroatoms. The number of nitrogens with one attached hydrogen (secondary N) is 1. The molecule has 0 amide bonds. The maximum Gasteiger partial charge on any atom is 0.240 e. The van der Waals surface area contributed by atoms with E-state index in [1.807, 2.05) is 24.3 Å². The van der Waals surface area contributed by atoms with Crippen molar-refractivity contribution in [3.63, 3.8) is 0 Å². The van der Waals surface area contributed by atoms with Gasteiger partial charge in [-0.2, -0.15) is 11.8 Å². The SMILES string of the molecule is COc1ccc(S(=O)(=O)NCCSCc2ccccc2Cl)cc1Br. The van der Waals surface area contributed by atoms with Gasteiger partial charge in [0.05, 0.1) is 16.5 Å². The summed E-state index contributed by atoms with van der Waals surface area (Å²) < 4.78 is 32.8. The summed E-state index contributed by atoms with van der Waals surface area (Å²) in [5.41, 5.74) is 1.05. The van der Waals surface area contributed by atoms with Crippen LogP contribution >= 0.6 is 39.3 Å². The van der Waals surface area contributed by atoms with E-state index in [9.17, 15) is 8.42 Å². The van der Waals surface area contributed by atoms with Gasteiger partial charge < -0.3 is 4.74 Å². The number of hydrogen-bond acceptors (Lipinski definition) is 4. The van der Waals surface area contributed by atoms with Crippen LogP contribution in [0.4, 0.5) is 0 Å². The quantitative estimate of drug-likeness (QED) is 0.608. The van der Waals surface area contributed by atoms with E-state index in [-0.39, 0.29) is 4.90 Å². The molecule has 0 atom stereocenters. The second-order valence-electron chi connectivity index (χ2n) is 4.84. The number of hydrogen-bond donors (Lipinski definition) is 1. The summed E-state index contributed by atoms with van der Waals surface area (Å²) in [5, 5.41) is 0.730. The fraction of sp³-hybridized carbons (Fsp3) is 0.250. The Morgan fingerprint density at radius 1 is 1.25 bits per heavy atom. The first-order valence-corrected chi connectivity index (χ1v) is 10.9. The summed E-state index contributed by atoms with van der Waals surface area (Å²) in [4.78, 5) is 0.200. The molecule has 2 aromatic rings. The van der Waals surface area contributed by atoms with Gasteiger partial charge in [-0.25, -0.2) is 13.1 Å². The molecule has 0 spiro atoms. The summed E-state index contributed by atoms with van der Waals surface area (Å²) in [7, 11) is -2.01. The van der Waals surface area contributed by atoms with E-state index < -0.39 is 10.0 Å². The average Bonchev–Trinajstić information content (AvgIpc) is 2.56. The van der Waals surface area contributed by atoms with Crippen LogP contribution in [0.25, 0.3) is 0 Å². The number of halogens is 2. The van der Waals surface area contributed by atoms with Gasteiger partial charge in [0.15, 0.2) is 0 Å². The molecule has 24 heavy (non-hydrogen) atoms. The predicted octanol–water partition coefficient (Wildman–Crippen LogP) is 4.32. The molecule has 0 aliphatic carbocycles. The highest BCUT2D eigenvalue weighted by Gasteiger charge is 2.15. The van der Waals surface area contributed by atoms with Crippen molar-refractivity contribution >= 4 is 49.3 Å². The van der Waals surface area contributed by atoms with Gasteiger partial charge in [0.2, 0.25) is 10.0 Å². The van der Waals surface area contributed by atoms with E-state index in [0.29, 0.717) is 22.5 Å². The van der Waals surface area contributed by atoms with Crippen molar-refractivity contribution in [1.29, 1.82) is 0 Å². The zero-order valence-electron chi connectivity index (χ0n) is 13.0. The van der Waals surface area contributed by atoms with Crippen molar-refractivity contribution in [3.05, 3.63) is 57.5 Å². The third kappa shape index (κ3) is 5.39. The fourth-order valence-corrected chi connectivity index (χ4v) is 4.97. The molecule has 0 aliphatic rings. The molecule has 2 aromatic carbocycles. The lowest BCUT2D eigenvalue weighted by Crippen LogP contribution is -2.26. The van der Waals surface area contributed by atoms with Crippen LogP contribution < -0.4 is 9.46 Å². The summed E-state index contributed by atoms with van der Waals surface area (Å²) in [6, 6.07) is 12.3. The molecule has 0 heterocycles. The van der Waals surface area contributed by atoms with Crippen LogP contribution in [0.2, 0.25) is 5.02 Å². The van der Waals surface area contributed by atoms with Crippen molar-refractivity contribution in [2.24, 2.45) is 0 Å². The third-order valence-corrected chi connectivity index (χ3v) is 6.64. The Balaban J connectivity index is 1.85. The molecule has 0 unspecified atom stereocenters. The predicted molar refractivity (Wildman–Crippen MR) is 103 cm³/mol. The number of thioether (sulfide) groups is 1. The number of sulfonamides is 1. The minimum Gasteiger partial charge on any atom is -0.496 e. The lowest BCUT2D eigenvalue weighted by atomic mass is 10.2. The molecule has 0 aliphatic heterocycles. The monoisotopic (exact) mass is 449 g/mol. The Morgan fingerprint density at radius 2 is 2.00 bits per heavy atom. The van der Waals surface area contributed by atoms with Gasteiger partial charge in [-0.1, -0.05) is 29.8 Å². The van der Waals surface area contributed by atoms with Crippen molar-refractivity contribution in [2.45, 2.75) is 10.6 Å². The molecule has 0 radical (unpaired) electrons. The summed E-state index contributed by atoms with van der Waals surface area (Å²) in [6.07, 6.45) is 0. The largest absolute Gasteiger partial charge is 0.496 e. The zero-order chi connectivity index (χ0) is 17.6. The van der Waals surface area contributed by atoms with Crippen LogP contribution in [-0.4, -0.2) is 27.8 Å². The Labute approximate surface area is 160 Å². The average molecular weight is 451 g/mol. The van der Waals surface area contributed by atoms with Crippen molar-refractivity contribution in [2.75, 3.05) is 19.4 Å². The van der Waals surface area contributed by atoms with Crippen LogP contribution in [0.3, 0.4) is 0 Å². The molecule has 0 aromatic heterocycles. The van der Waals surface area contributed by atoms with Gasteiger partial charge in [0, 0.05) is 23.1 Å². The van der Waals surface area contributed by atoms with E-state index in [1.54, 1.807) is 17.8 Å². The lowest BCUT2D eigenvalue weighted by Gasteiger charge is -2.09.